The second-order valence-corrected chi connectivity index (χ2v) is 10.8. The Kier molecular flexibility index (Phi) is 10.2. The molecule has 3 N–H and O–H groups in total. The molecule has 0 fully saturated rings. The van der Waals surface area contributed by atoms with Gasteiger partial charge in [-0.3, -0.25) is 5.32 Å². The zero-order valence-electron chi connectivity index (χ0n) is 23.5. The summed E-state index contributed by atoms with van der Waals surface area (Å²) in [6.45, 7) is 20.4. The molecule has 1 atom stereocenters. The van der Waals surface area contributed by atoms with Crippen LogP contribution in [0, 0.1) is 17.8 Å². The summed E-state index contributed by atoms with van der Waals surface area (Å²) in [5, 5.41) is 20.2. The van der Waals surface area contributed by atoms with Gasteiger partial charge in [-0.1, -0.05) is 41.5 Å². The largest absolute Gasteiger partial charge is 0.311 e. The second kappa shape index (κ2) is 13.1. The molecule has 0 aromatic carbocycles. The molecule has 3 rings (SSSR count). The third kappa shape index (κ3) is 7.47. The molecule has 36 heavy (non-hydrogen) atoms. The number of hydrogen-bond acceptors (Lipinski definition) is 6. The Morgan fingerprint density at radius 3 is 2.28 bits per heavy atom. The molecule has 0 saturated heterocycles. The van der Waals surface area contributed by atoms with Gasteiger partial charge in [0.25, 0.3) is 0 Å². The number of hydrogen-bond donors (Lipinski definition) is 3. The van der Waals surface area contributed by atoms with Gasteiger partial charge in [-0.2, -0.15) is 10.2 Å². The highest BCUT2D eigenvalue weighted by Crippen LogP contribution is 2.16. The monoisotopic (exact) mass is 499 g/mol. The summed E-state index contributed by atoms with van der Waals surface area (Å²) in [4.78, 5) is 4.50. The van der Waals surface area contributed by atoms with Crippen molar-refractivity contribution in [2.45, 2.75) is 80.8 Å². The summed E-state index contributed by atoms with van der Waals surface area (Å²) in [6.07, 6.45) is 4.00. The molecule has 200 valence electrons. The number of aryl methyl sites for hydroxylation is 2. The fourth-order valence-electron chi connectivity index (χ4n) is 4.26. The fraction of sp³-hybridized carbons (Fsp3) is 0.692. The van der Waals surface area contributed by atoms with E-state index in [-0.39, 0.29) is 6.17 Å². The molecular formula is C26H47N10+. The minimum absolute atomic E-state index is 0.0322. The minimum Gasteiger partial charge on any atom is -0.311 e. The minimum atomic E-state index is 0.0322. The summed E-state index contributed by atoms with van der Waals surface area (Å²) < 4.78 is 8.39. The Labute approximate surface area is 216 Å². The topological polar surface area (TPSA) is 93.4 Å². The van der Waals surface area contributed by atoms with Gasteiger partial charge in [0, 0.05) is 32.3 Å². The molecule has 1 unspecified atom stereocenters. The van der Waals surface area contributed by atoms with E-state index in [1.807, 2.05) is 22.7 Å². The third-order valence-electron chi connectivity index (χ3n) is 6.07. The molecule has 0 aliphatic rings. The van der Waals surface area contributed by atoms with Crippen LogP contribution in [0.25, 0.3) is 5.82 Å². The van der Waals surface area contributed by atoms with E-state index < -0.39 is 0 Å². The van der Waals surface area contributed by atoms with Crippen molar-refractivity contribution in [1.82, 2.24) is 45.2 Å². The smallest absolute Gasteiger partial charge is 0.196 e. The van der Waals surface area contributed by atoms with E-state index in [0.717, 1.165) is 43.5 Å². The van der Waals surface area contributed by atoms with Crippen LogP contribution in [0.5, 0.6) is 0 Å². The average Bonchev–Trinajstić information content (AvgIpc) is 3.52. The molecule has 10 heteroatoms. The standard InChI is InChI=1S/C26H47N10/c1-9-34-11-10-23(16-27-13-19(2)3)36(34)25-12-22(31-33(25)8)15-29-26(21(6)7)35-18-30-24(32-35)17-28-14-20(4)5/h10-12,18-21,26-29H,9,13-17H2,1-8H3/q+1. The zero-order valence-corrected chi connectivity index (χ0v) is 23.5. The maximum Gasteiger partial charge on any atom is 0.196 e. The van der Waals surface area contributed by atoms with Crippen molar-refractivity contribution in [3.63, 3.8) is 0 Å². The maximum atomic E-state index is 4.82. The average molecular weight is 500 g/mol. The van der Waals surface area contributed by atoms with Gasteiger partial charge in [-0.15, -0.1) is 9.36 Å². The Hall–Kier alpha value is -2.56. The van der Waals surface area contributed by atoms with Crippen molar-refractivity contribution in [2.24, 2.45) is 24.8 Å². The summed E-state index contributed by atoms with van der Waals surface area (Å²) >= 11 is 0. The van der Waals surface area contributed by atoms with Gasteiger partial charge < -0.3 is 10.6 Å². The maximum absolute atomic E-state index is 4.82. The quantitative estimate of drug-likeness (QED) is 0.278. The lowest BCUT2D eigenvalue weighted by Crippen LogP contribution is -2.42. The van der Waals surface area contributed by atoms with Gasteiger partial charge in [-0.05, 0) is 37.8 Å². The Balaban J connectivity index is 1.71. The molecule has 0 spiro atoms. The first-order chi connectivity index (χ1) is 17.2. The van der Waals surface area contributed by atoms with E-state index in [0.29, 0.717) is 30.8 Å². The normalized spacial score (nSPS) is 13.0. The zero-order chi connectivity index (χ0) is 26.2. The SMILES string of the molecule is CC[n+]1ccc(CNCC(C)C)n1-c1cc(CNC(C(C)C)n2cnc(CNCC(C)C)n2)nn1C. The van der Waals surface area contributed by atoms with E-state index in [4.69, 9.17) is 10.2 Å². The Morgan fingerprint density at radius 1 is 0.944 bits per heavy atom. The van der Waals surface area contributed by atoms with Crippen LogP contribution in [0.1, 0.15) is 71.8 Å². The van der Waals surface area contributed by atoms with E-state index >= 15 is 0 Å². The molecule has 3 aromatic rings. The van der Waals surface area contributed by atoms with Crippen molar-refractivity contribution in [2.75, 3.05) is 13.1 Å². The molecule has 0 bridgehead atoms. The number of rotatable bonds is 15. The lowest BCUT2D eigenvalue weighted by molar-refractivity contribution is -0.764. The van der Waals surface area contributed by atoms with Crippen LogP contribution in [0.4, 0.5) is 0 Å². The third-order valence-corrected chi connectivity index (χ3v) is 6.07. The first-order valence-electron chi connectivity index (χ1n) is 13.4. The van der Waals surface area contributed by atoms with Gasteiger partial charge >= 0.3 is 0 Å². The van der Waals surface area contributed by atoms with Crippen molar-refractivity contribution in [1.29, 1.82) is 0 Å². The van der Waals surface area contributed by atoms with E-state index in [9.17, 15) is 0 Å². The molecule has 0 aliphatic carbocycles. The highest BCUT2D eigenvalue weighted by atomic mass is 15.5. The van der Waals surface area contributed by atoms with Crippen molar-refractivity contribution in [3.8, 4) is 5.82 Å². The lowest BCUT2D eigenvalue weighted by Gasteiger charge is -2.22. The predicted molar refractivity (Wildman–Crippen MR) is 142 cm³/mol. The van der Waals surface area contributed by atoms with Gasteiger partial charge in [0.15, 0.2) is 24.4 Å². The summed E-state index contributed by atoms with van der Waals surface area (Å²) in [5.41, 5.74) is 2.22. The Bertz CT molecular complexity index is 1060. The van der Waals surface area contributed by atoms with Crippen molar-refractivity contribution < 1.29 is 4.68 Å². The van der Waals surface area contributed by atoms with Crippen LogP contribution in [0.15, 0.2) is 24.7 Å². The molecule has 10 nitrogen and oxygen atoms in total. The van der Waals surface area contributed by atoms with Crippen molar-refractivity contribution >= 4 is 0 Å². The molecular weight excluding hydrogens is 452 g/mol. The first-order valence-corrected chi connectivity index (χ1v) is 13.4. The highest BCUT2D eigenvalue weighted by molar-refractivity contribution is 5.26. The number of nitrogens with one attached hydrogen (secondary N) is 3. The highest BCUT2D eigenvalue weighted by Gasteiger charge is 2.21. The first kappa shape index (κ1) is 28.0. The molecule has 0 saturated carbocycles. The lowest BCUT2D eigenvalue weighted by atomic mass is 10.1. The summed E-state index contributed by atoms with van der Waals surface area (Å²) in [5.74, 6) is 3.44. The molecule has 3 aromatic heterocycles. The fourth-order valence-corrected chi connectivity index (χ4v) is 4.26. The second-order valence-electron chi connectivity index (χ2n) is 10.8. The van der Waals surface area contributed by atoms with Gasteiger partial charge in [0.2, 0.25) is 0 Å². The van der Waals surface area contributed by atoms with Crippen LogP contribution in [-0.2, 0) is 33.2 Å². The predicted octanol–water partition coefficient (Wildman–Crippen LogP) is 2.55. The molecule has 0 radical (unpaired) electrons. The van der Waals surface area contributed by atoms with Crippen LogP contribution < -0.4 is 20.6 Å². The molecule has 0 aliphatic heterocycles. The number of nitrogens with zero attached hydrogens (tertiary/aromatic N) is 7. The van der Waals surface area contributed by atoms with Crippen LogP contribution >= 0.6 is 0 Å². The van der Waals surface area contributed by atoms with Crippen LogP contribution in [0.2, 0.25) is 0 Å². The summed E-state index contributed by atoms with van der Waals surface area (Å²) in [6, 6.07) is 4.36. The van der Waals surface area contributed by atoms with E-state index in [1.54, 1.807) is 0 Å². The Morgan fingerprint density at radius 2 is 1.64 bits per heavy atom. The van der Waals surface area contributed by atoms with Gasteiger partial charge in [0.05, 0.1) is 12.2 Å². The molecule has 0 amide bonds. The van der Waals surface area contributed by atoms with Crippen LogP contribution in [-0.4, -0.2) is 42.3 Å². The number of aromatic nitrogens is 7. The van der Waals surface area contributed by atoms with Gasteiger partial charge in [-0.25, -0.2) is 14.3 Å². The van der Waals surface area contributed by atoms with E-state index in [1.165, 1.54) is 5.69 Å². The van der Waals surface area contributed by atoms with Gasteiger partial charge in [0.1, 0.15) is 18.2 Å². The summed E-state index contributed by atoms with van der Waals surface area (Å²) in [7, 11) is 2.01. The van der Waals surface area contributed by atoms with Crippen LogP contribution in [0.3, 0.4) is 0 Å². The van der Waals surface area contributed by atoms with Crippen molar-refractivity contribution in [3.05, 3.63) is 41.9 Å². The van der Waals surface area contributed by atoms with E-state index in [2.05, 4.69) is 97.1 Å². The molecule has 3 heterocycles.